The van der Waals surface area contributed by atoms with E-state index in [2.05, 4.69) is 10.6 Å². The van der Waals surface area contributed by atoms with E-state index in [0.29, 0.717) is 0 Å². The first-order valence-corrected chi connectivity index (χ1v) is 7.20. The third-order valence-electron chi connectivity index (χ3n) is 3.08. The van der Waals surface area contributed by atoms with E-state index < -0.39 is 11.7 Å². The van der Waals surface area contributed by atoms with Gasteiger partial charge in [0.1, 0.15) is 5.60 Å². The summed E-state index contributed by atoms with van der Waals surface area (Å²) in [5.74, 6) is -0.0811. The molecule has 6 nitrogen and oxygen atoms in total. The van der Waals surface area contributed by atoms with Crippen LogP contribution in [0.2, 0.25) is 0 Å². The van der Waals surface area contributed by atoms with Crippen molar-refractivity contribution in [1.29, 1.82) is 0 Å². The van der Waals surface area contributed by atoms with Crippen LogP contribution in [0.3, 0.4) is 0 Å². The van der Waals surface area contributed by atoms with E-state index in [-0.39, 0.29) is 31.0 Å². The summed E-state index contributed by atoms with van der Waals surface area (Å²) in [7, 11) is 0. The summed E-state index contributed by atoms with van der Waals surface area (Å²) in [6, 6.07) is 0.146. The standard InChI is InChI=1S/C14H26N2O4/c1-14(2,3)20-13(19)15-9-8-12(18)16-10-4-6-11(17)7-5-10/h10-11,17H,4-9H2,1-3H3,(H,15,19)(H,16,18). The third kappa shape index (κ3) is 7.33. The molecule has 0 aromatic carbocycles. The molecule has 3 N–H and O–H groups in total. The van der Waals surface area contributed by atoms with Crippen molar-refractivity contribution in [2.45, 2.75) is 70.6 Å². The van der Waals surface area contributed by atoms with E-state index in [0.717, 1.165) is 25.7 Å². The second-order valence-electron chi connectivity index (χ2n) is 6.25. The smallest absolute Gasteiger partial charge is 0.407 e. The molecule has 0 unspecified atom stereocenters. The molecule has 0 spiro atoms. The molecule has 2 amide bonds. The average Bonchev–Trinajstić information content (AvgIpc) is 2.29. The number of carbonyl (C=O) groups excluding carboxylic acids is 2. The molecule has 0 aromatic heterocycles. The minimum atomic E-state index is -0.532. The van der Waals surface area contributed by atoms with Crippen LogP contribution < -0.4 is 10.6 Å². The van der Waals surface area contributed by atoms with Crippen molar-refractivity contribution in [3.05, 3.63) is 0 Å². The number of aliphatic hydroxyl groups excluding tert-OH is 1. The number of alkyl carbamates (subject to hydrolysis) is 1. The topological polar surface area (TPSA) is 87.7 Å². The van der Waals surface area contributed by atoms with E-state index in [1.54, 1.807) is 20.8 Å². The summed E-state index contributed by atoms with van der Waals surface area (Å²) in [5.41, 5.74) is -0.532. The van der Waals surface area contributed by atoms with Gasteiger partial charge in [-0.25, -0.2) is 4.79 Å². The molecule has 0 saturated heterocycles. The van der Waals surface area contributed by atoms with Crippen molar-refractivity contribution in [1.82, 2.24) is 10.6 Å². The Kier molecular flexibility index (Phi) is 6.26. The van der Waals surface area contributed by atoms with Crippen LogP contribution in [-0.4, -0.2) is 41.4 Å². The summed E-state index contributed by atoms with van der Waals surface area (Å²) in [6.45, 7) is 5.63. The quantitative estimate of drug-likeness (QED) is 0.727. The number of rotatable bonds is 4. The molecule has 6 heteroatoms. The number of nitrogens with one attached hydrogen (secondary N) is 2. The van der Waals surface area contributed by atoms with Crippen molar-refractivity contribution in [2.24, 2.45) is 0 Å². The fourth-order valence-corrected chi connectivity index (χ4v) is 2.11. The molecule has 0 aromatic rings. The summed E-state index contributed by atoms with van der Waals surface area (Å²) >= 11 is 0. The molecule has 116 valence electrons. The van der Waals surface area contributed by atoms with Gasteiger partial charge in [0.05, 0.1) is 6.10 Å². The number of carbonyl (C=O) groups is 2. The van der Waals surface area contributed by atoms with Gasteiger partial charge >= 0.3 is 6.09 Å². The largest absolute Gasteiger partial charge is 0.444 e. The van der Waals surface area contributed by atoms with E-state index in [1.165, 1.54) is 0 Å². The summed E-state index contributed by atoms with van der Waals surface area (Å²) in [6.07, 6.45) is 2.60. The highest BCUT2D eigenvalue weighted by atomic mass is 16.6. The molecular weight excluding hydrogens is 260 g/mol. The molecular formula is C14H26N2O4. The van der Waals surface area contributed by atoms with Crippen LogP contribution in [0, 0.1) is 0 Å². The lowest BCUT2D eigenvalue weighted by Crippen LogP contribution is -2.40. The van der Waals surface area contributed by atoms with Gasteiger partial charge in [0, 0.05) is 19.0 Å². The van der Waals surface area contributed by atoms with E-state index in [4.69, 9.17) is 4.74 Å². The predicted octanol–water partition coefficient (Wildman–Crippen LogP) is 1.32. The number of aliphatic hydroxyl groups is 1. The predicted molar refractivity (Wildman–Crippen MR) is 75.3 cm³/mol. The summed E-state index contributed by atoms with van der Waals surface area (Å²) in [4.78, 5) is 23.1. The molecule has 0 radical (unpaired) electrons. The Morgan fingerprint density at radius 1 is 1.20 bits per heavy atom. The van der Waals surface area contributed by atoms with Crippen LogP contribution in [0.5, 0.6) is 0 Å². The molecule has 1 rings (SSSR count). The third-order valence-corrected chi connectivity index (χ3v) is 3.08. The summed E-state index contributed by atoms with van der Waals surface area (Å²) in [5, 5.41) is 14.9. The minimum absolute atomic E-state index is 0.0811. The number of hydrogen-bond acceptors (Lipinski definition) is 4. The fraction of sp³-hybridized carbons (Fsp3) is 0.857. The van der Waals surface area contributed by atoms with Crippen molar-refractivity contribution >= 4 is 12.0 Å². The Morgan fingerprint density at radius 3 is 2.35 bits per heavy atom. The van der Waals surface area contributed by atoms with Gasteiger partial charge < -0.3 is 20.5 Å². The molecule has 1 aliphatic rings. The van der Waals surface area contributed by atoms with Gasteiger partial charge in [-0.15, -0.1) is 0 Å². The van der Waals surface area contributed by atoms with Crippen LogP contribution in [0.25, 0.3) is 0 Å². The van der Waals surface area contributed by atoms with Gasteiger partial charge in [0.25, 0.3) is 0 Å². The van der Waals surface area contributed by atoms with Crippen molar-refractivity contribution in [2.75, 3.05) is 6.54 Å². The molecule has 20 heavy (non-hydrogen) atoms. The molecule has 0 heterocycles. The van der Waals surface area contributed by atoms with Gasteiger partial charge in [-0.2, -0.15) is 0 Å². The maximum Gasteiger partial charge on any atom is 0.407 e. The minimum Gasteiger partial charge on any atom is -0.444 e. The number of hydrogen-bond donors (Lipinski definition) is 3. The highest BCUT2D eigenvalue weighted by Crippen LogP contribution is 2.18. The molecule has 1 fully saturated rings. The zero-order chi connectivity index (χ0) is 15.2. The first kappa shape index (κ1) is 16.8. The van der Waals surface area contributed by atoms with Gasteiger partial charge in [-0.3, -0.25) is 4.79 Å². The maximum atomic E-state index is 11.7. The molecule has 1 aliphatic carbocycles. The van der Waals surface area contributed by atoms with Crippen molar-refractivity contribution < 1.29 is 19.4 Å². The first-order valence-electron chi connectivity index (χ1n) is 7.20. The van der Waals surface area contributed by atoms with Gasteiger partial charge in [0.15, 0.2) is 0 Å². The van der Waals surface area contributed by atoms with Crippen LogP contribution >= 0.6 is 0 Å². The second kappa shape index (κ2) is 7.47. The Hall–Kier alpha value is -1.30. The average molecular weight is 286 g/mol. The van der Waals surface area contributed by atoms with Gasteiger partial charge in [0.2, 0.25) is 5.91 Å². The highest BCUT2D eigenvalue weighted by molar-refractivity contribution is 5.77. The second-order valence-corrected chi connectivity index (χ2v) is 6.25. The van der Waals surface area contributed by atoms with Gasteiger partial charge in [-0.05, 0) is 46.5 Å². The monoisotopic (exact) mass is 286 g/mol. The normalized spacial score (nSPS) is 23.0. The van der Waals surface area contributed by atoms with Crippen molar-refractivity contribution in [3.63, 3.8) is 0 Å². The van der Waals surface area contributed by atoms with Crippen LogP contribution in [0.15, 0.2) is 0 Å². The molecule has 1 saturated carbocycles. The Morgan fingerprint density at radius 2 is 1.80 bits per heavy atom. The number of amides is 2. The SMILES string of the molecule is CC(C)(C)OC(=O)NCCC(=O)NC1CCC(O)CC1. The van der Waals surface area contributed by atoms with Crippen LogP contribution in [-0.2, 0) is 9.53 Å². The Bertz CT molecular complexity index is 331. The van der Waals surface area contributed by atoms with E-state index >= 15 is 0 Å². The van der Waals surface area contributed by atoms with Crippen LogP contribution in [0.4, 0.5) is 4.79 Å². The summed E-state index contributed by atoms with van der Waals surface area (Å²) < 4.78 is 5.07. The lowest BCUT2D eigenvalue weighted by molar-refractivity contribution is -0.122. The zero-order valence-corrected chi connectivity index (χ0v) is 12.6. The van der Waals surface area contributed by atoms with Crippen molar-refractivity contribution in [3.8, 4) is 0 Å². The maximum absolute atomic E-state index is 11.7. The Balaban J connectivity index is 2.13. The van der Waals surface area contributed by atoms with E-state index in [9.17, 15) is 14.7 Å². The molecule has 0 aliphatic heterocycles. The van der Waals surface area contributed by atoms with Gasteiger partial charge in [-0.1, -0.05) is 0 Å². The lowest BCUT2D eigenvalue weighted by Gasteiger charge is -2.26. The Labute approximate surface area is 120 Å². The number of ether oxygens (including phenoxy) is 1. The molecule has 0 atom stereocenters. The van der Waals surface area contributed by atoms with Crippen LogP contribution in [0.1, 0.15) is 52.9 Å². The fourth-order valence-electron chi connectivity index (χ4n) is 2.11. The first-order chi connectivity index (χ1) is 9.26. The lowest BCUT2D eigenvalue weighted by atomic mass is 9.93. The highest BCUT2D eigenvalue weighted by Gasteiger charge is 2.21. The van der Waals surface area contributed by atoms with E-state index in [1.807, 2.05) is 0 Å². The zero-order valence-electron chi connectivity index (χ0n) is 12.6. The molecule has 0 bridgehead atoms.